The van der Waals surface area contributed by atoms with Crippen molar-refractivity contribution >= 4 is 28.1 Å². The molecular weight excluding hydrogens is 344 g/mol. The highest BCUT2D eigenvalue weighted by atomic mass is 35.5. The zero-order valence-corrected chi connectivity index (χ0v) is 15.0. The zero-order valence-electron chi connectivity index (χ0n) is 13.3. The van der Waals surface area contributed by atoms with E-state index < -0.39 is 15.6 Å². The van der Waals surface area contributed by atoms with Crippen molar-refractivity contribution in [1.29, 1.82) is 0 Å². The van der Waals surface area contributed by atoms with E-state index in [1.165, 1.54) is 6.07 Å². The van der Waals surface area contributed by atoms with Gasteiger partial charge in [0.2, 0.25) is 10.0 Å². The maximum absolute atomic E-state index is 11.3. The molecule has 7 nitrogen and oxygen atoms in total. The Kier molecular flexibility index (Phi) is 6.52. The molecule has 0 fully saturated rings. The first-order valence-electron chi connectivity index (χ1n) is 7.00. The molecule has 0 aromatic heterocycles. The van der Waals surface area contributed by atoms with E-state index in [-0.39, 0.29) is 31.7 Å². The second kappa shape index (κ2) is 7.57. The van der Waals surface area contributed by atoms with Gasteiger partial charge in [0.25, 0.3) is 0 Å². The summed E-state index contributed by atoms with van der Waals surface area (Å²) in [5.74, 6) is 0.869. The van der Waals surface area contributed by atoms with Crippen LogP contribution in [-0.4, -0.2) is 51.2 Å². The van der Waals surface area contributed by atoms with Gasteiger partial charge >= 0.3 is 0 Å². The second-order valence-electron chi connectivity index (χ2n) is 5.87. The molecule has 9 heteroatoms. The predicted octanol–water partition coefficient (Wildman–Crippen LogP) is 0.980. The molecule has 2 rings (SSSR count). The van der Waals surface area contributed by atoms with E-state index >= 15 is 0 Å². The fourth-order valence-corrected chi connectivity index (χ4v) is 2.53. The first-order chi connectivity index (χ1) is 10.2. The van der Waals surface area contributed by atoms with Crippen molar-refractivity contribution in [3.63, 3.8) is 0 Å². The van der Waals surface area contributed by atoms with Gasteiger partial charge in [-0.2, -0.15) is 0 Å². The molecule has 1 aromatic carbocycles. The number of anilines is 1. The quantitative estimate of drug-likeness (QED) is 0.718. The molecule has 3 N–H and O–H groups in total. The first kappa shape index (κ1) is 19.8. The first-order valence-corrected chi connectivity index (χ1v) is 8.89. The van der Waals surface area contributed by atoms with Crippen LogP contribution in [0.3, 0.4) is 0 Å². The Morgan fingerprint density at radius 3 is 2.43 bits per heavy atom. The van der Waals surface area contributed by atoms with Crippen LogP contribution >= 0.6 is 12.4 Å². The third-order valence-corrected chi connectivity index (χ3v) is 3.69. The van der Waals surface area contributed by atoms with Gasteiger partial charge in [0.15, 0.2) is 11.5 Å². The number of aliphatic hydroxyl groups is 1. The standard InChI is InChI=1S/C14H22N2O5S.ClH/c1-10(2)15-7-14(17)8-20-12-5-4-11(16-22(3,18)19)6-13(12)21-9-14;/h4-6,10,15-17H,7-9H2,1-3H3;1H. The van der Waals surface area contributed by atoms with Gasteiger partial charge in [0, 0.05) is 18.7 Å². The summed E-state index contributed by atoms with van der Waals surface area (Å²) in [5.41, 5.74) is -0.760. The third-order valence-electron chi connectivity index (χ3n) is 3.08. The van der Waals surface area contributed by atoms with Crippen LogP contribution < -0.4 is 19.5 Å². The van der Waals surface area contributed by atoms with Gasteiger partial charge < -0.3 is 19.9 Å². The summed E-state index contributed by atoms with van der Waals surface area (Å²) in [7, 11) is -3.36. The maximum Gasteiger partial charge on any atom is 0.229 e. The highest BCUT2D eigenvalue weighted by Crippen LogP contribution is 2.34. The number of sulfonamides is 1. The molecule has 0 aliphatic carbocycles. The number of benzene rings is 1. The lowest BCUT2D eigenvalue weighted by Crippen LogP contribution is -2.50. The summed E-state index contributed by atoms with van der Waals surface area (Å²) in [6.45, 7) is 4.47. The van der Waals surface area contributed by atoms with Crippen molar-refractivity contribution in [2.75, 3.05) is 30.7 Å². The fourth-order valence-electron chi connectivity index (χ4n) is 1.98. The Labute approximate surface area is 142 Å². The molecule has 0 spiro atoms. The van der Waals surface area contributed by atoms with Crippen molar-refractivity contribution in [3.05, 3.63) is 18.2 Å². The monoisotopic (exact) mass is 366 g/mol. The highest BCUT2D eigenvalue weighted by Gasteiger charge is 2.32. The molecule has 0 radical (unpaired) electrons. The number of ether oxygens (including phenoxy) is 2. The van der Waals surface area contributed by atoms with Crippen molar-refractivity contribution < 1.29 is 23.0 Å². The fraction of sp³-hybridized carbons (Fsp3) is 0.571. The molecule has 1 unspecified atom stereocenters. The maximum atomic E-state index is 11.3. The number of fused-ring (bicyclic) bond motifs is 1. The molecule has 132 valence electrons. The third kappa shape index (κ3) is 6.06. The molecule has 0 saturated carbocycles. The van der Waals surface area contributed by atoms with E-state index in [0.717, 1.165) is 6.26 Å². The highest BCUT2D eigenvalue weighted by molar-refractivity contribution is 7.92. The normalized spacial score (nSPS) is 20.6. The molecule has 1 aliphatic heterocycles. The SMILES string of the molecule is CC(C)NCC1(O)COc2ccc(NS(C)(=O)=O)cc2OC1.Cl. The van der Waals surface area contributed by atoms with E-state index in [4.69, 9.17) is 9.47 Å². The van der Waals surface area contributed by atoms with Crippen LogP contribution in [0.25, 0.3) is 0 Å². The van der Waals surface area contributed by atoms with E-state index in [1.807, 2.05) is 13.8 Å². The molecule has 0 saturated heterocycles. The Bertz CT molecular complexity index is 638. The predicted molar refractivity (Wildman–Crippen MR) is 91.2 cm³/mol. The summed E-state index contributed by atoms with van der Waals surface area (Å²) in [6.07, 6.45) is 1.08. The number of halogens is 1. The smallest absolute Gasteiger partial charge is 0.229 e. The lowest BCUT2D eigenvalue weighted by Gasteiger charge is -2.26. The Morgan fingerprint density at radius 2 is 1.87 bits per heavy atom. The lowest BCUT2D eigenvalue weighted by molar-refractivity contribution is -0.0277. The average molecular weight is 367 g/mol. The Balaban J connectivity index is 0.00000264. The van der Waals surface area contributed by atoms with Crippen LogP contribution in [0, 0.1) is 0 Å². The van der Waals surface area contributed by atoms with Crippen molar-refractivity contribution in [3.8, 4) is 11.5 Å². The summed E-state index contributed by atoms with van der Waals surface area (Å²) in [5, 5.41) is 13.7. The van der Waals surface area contributed by atoms with Crippen LogP contribution in [-0.2, 0) is 10.0 Å². The number of rotatable bonds is 5. The number of hydrogen-bond donors (Lipinski definition) is 3. The van der Waals surface area contributed by atoms with Gasteiger partial charge in [-0.25, -0.2) is 8.42 Å². The van der Waals surface area contributed by atoms with Gasteiger partial charge in [0.05, 0.1) is 11.9 Å². The molecular formula is C14H23ClN2O5S. The number of hydrogen-bond acceptors (Lipinski definition) is 6. The minimum atomic E-state index is -3.36. The summed E-state index contributed by atoms with van der Waals surface area (Å²) >= 11 is 0. The lowest BCUT2D eigenvalue weighted by atomic mass is 10.1. The topological polar surface area (TPSA) is 96.9 Å². The van der Waals surface area contributed by atoms with Crippen LogP contribution in [0.1, 0.15) is 13.8 Å². The molecule has 1 aromatic rings. The summed E-state index contributed by atoms with van der Waals surface area (Å²) < 4.78 is 36.1. The molecule has 1 heterocycles. The van der Waals surface area contributed by atoms with E-state index in [9.17, 15) is 13.5 Å². The van der Waals surface area contributed by atoms with Gasteiger partial charge in [-0.3, -0.25) is 4.72 Å². The van der Waals surface area contributed by atoms with Gasteiger partial charge in [0.1, 0.15) is 18.8 Å². The Hall–Kier alpha value is -1.22. The minimum absolute atomic E-state index is 0. The minimum Gasteiger partial charge on any atom is -0.486 e. The van der Waals surface area contributed by atoms with Gasteiger partial charge in [-0.15, -0.1) is 12.4 Å². The van der Waals surface area contributed by atoms with Gasteiger partial charge in [-0.05, 0) is 12.1 Å². The van der Waals surface area contributed by atoms with Crippen LogP contribution in [0.15, 0.2) is 18.2 Å². The average Bonchev–Trinajstić information content (AvgIpc) is 2.56. The molecule has 0 amide bonds. The Morgan fingerprint density at radius 1 is 1.26 bits per heavy atom. The van der Waals surface area contributed by atoms with Crippen molar-refractivity contribution in [2.24, 2.45) is 0 Å². The molecule has 0 bridgehead atoms. The molecule has 23 heavy (non-hydrogen) atoms. The van der Waals surface area contributed by atoms with E-state index in [0.29, 0.717) is 23.7 Å². The summed E-state index contributed by atoms with van der Waals surface area (Å²) in [4.78, 5) is 0. The van der Waals surface area contributed by atoms with Crippen LogP contribution in [0.5, 0.6) is 11.5 Å². The van der Waals surface area contributed by atoms with Gasteiger partial charge in [-0.1, -0.05) is 13.8 Å². The van der Waals surface area contributed by atoms with E-state index in [1.54, 1.807) is 12.1 Å². The second-order valence-corrected chi connectivity index (χ2v) is 7.62. The number of nitrogens with one attached hydrogen (secondary N) is 2. The van der Waals surface area contributed by atoms with E-state index in [2.05, 4.69) is 10.0 Å². The van der Waals surface area contributed by atoms with Crippen LogP contribution in [0.4, 0.5) is 5.69 Å². The molecule has 1 aliphatic rings. The largest absolute Gasteiger partial charge is 0.486 e. The van der Waals surface area contributed by atoms with Crippen LogP contribution in [0.2, 0.25) is 0 Å². The summed E-state index contributed by atoms with van der Waals surface area (Å²) in [6, 6.07) is 4.97. The van der Waals surface area contributed by atoms with Crippen molar-refractivity contribution in [2.45, 2.75) is 25.5 Å². The molecule has 1 atom stereocenters. The van der Waals surface area contributed by atoms with Crippen molar-refractivity contribution in [1.82, 2.24) is 5.32 Å². The zero-order chi connectivity index (χ0) is 16.4.